The maximum absolute atomic E-state index is 14.1. The predicted octanol–water partition coefficient (Wildman–Crippen LogP) is 5.95. The van der Waals surface area contributed by atoms with E-state index in [4.69, 9.17) is 37.9 Å². The van der Waals surface area contributed by atoms with Gasteiger partial charge in [0, 0.05) is 50.7 Å². The molecular formula is C29H34Cl2F2N8O. The first kappa shape index (κ1) is 28.2. The molecular weight excluding hydrogens is 585 g/mol. The minimum atomic E-state index is -2.63. The number of halogens is 4. The molecule has 4 atom stereocenters. The zero-order valence-electron chi connectivity index (χ0n) is 23.9. The van der Waals surface area contributed by atoms with Gasteiger partial charge in [-0.2, -0.15) is 4.98 Å². The van der Waals surface area contributed by atoms with Crippen LogP contribution in [0.2, 0.25) is 10.0 Å². The van der Waals surface area contributed by atoms with E-state index < -0.39 is 5.92 Å². The van der Waals surface area contributed by atoms with E-state index in [1.165, 1.54) is 0 Å². The van der Waals surface area contributed by atoms with Crippen LogP contribution >= 0.6 is 23.2 Å². The van der Waals surface area contributed by atoms with Crippen LogP contribution in [0.3, 0.4) is 0 Å². The van der Waals surface area contributed by atoms with Crippen LogP contribution in [0.25, 0.3) is 16.9 Å². The third-order valence-corrected chi connectivity index (χ3v) is 9.97. The summed E-state index contributed by atoms with van der Waals surface area (Å²) in [6, 6.07) is 5.39. The monoisotopic (exact) mass is 618 g/mol. The van der Waals surface area contributed by atoms with Crippen LogP contribution in [0.4, 0.5) is 14.6 Å². The van der Waals surface area contributed by atoms with Gasteiger partial charge in [0.25, 0.3) is 5.78 Å². The molecule has 1 saturated carbocycles. The molecule has 0 bridgehead atoms. The zero-order chi connectivity index (χ0) is 29.3. The van der Waals surface area contributed by atoms with Gasteiger partial charge in [0.05, 0.1) is 22.7 Å². The number of rotatable bonds is 6. The van der Waals surface area contributed by atoms with Crippen LogP contribution in [-0.2, 0) is 11.3 Å². The van der Waals surface area contributed by atoms with Crippen molar-refractivity contribution in [3.05, 3.63) is 46.0 Å². The summed E-state index contributed by atoms with van der Waals surface area (Å²) in [5.41, 5.74) is 2.62. The first-order valence-electron chi connectivity index (χ1n) is 14.6. The fraction of sp³-hybridized carbons (Fsp3) is 0.586. The number of imidazole rings is 1. The van der Waals surface area contributed by atoms with Gasteiger partial charge in [-0.1, -0.05) is 29.3 Å². The molecule has 3 aromatic heterocycles. The minimum Gasteiger partial charge on any atom is -0.376 e. The average Bonchev–Trinajstić information content (AvgIpc) is 3.68. The number of nitrogens with zero attached hydrogens (tertiary/aromatic N) is 8. The van der Waals surface area contributed by atoms with E-state index >= 15 is 0 Å². The maximum Gasteiger partial charge on any atom is 0.258 e. The van der Waals surface area contributed by atoms with Crippen molar-refractivity contribution in [2.45, 2.75) is 83.2 Å². The van der Waals surface area contributed by atoms with Gasteiger partial charge in [-0.15, -0.1) is 10.2 Å². The molecule has 13 heteroatoms. The number of ether oxygens (including phenoxy) is 1. The third-order valence-electron chi connectivity index (χ3n) is 9.23. The minimum absolute atomic E-state index is 0.0248. The van der Waals surface area contributed by atoms with E-state index in [0.717, 1.165) is 47.8 Å². The highest BCUT2D eigenvalue weighted by Gasteiger charge is 2.51. The smallest absolute Gasteiger partial charge is 0.258 e. The summed E-state index contributed by atoms with van der Waals surface area (Å²) in [4.78, 5) is 14.6. The zero-order valence-corrected chi connectivity index (χ0v) is 25.4. The Balaban J connectivity index is 1.24. The Labute approximate surface area is 252 Å². The Bertz CT molecular complexity index is 1630. The number of hydrogen-bond acceptors (Lipinski definition) is 7. The summed E-state index contributed by atoms with van der Waals surface area (Å²) >= 11 is 12.6. The highest BCUT2D eigenvalue weighted by atomic mass is 35.5. The summed E-state index contributed by atoms with van der Waals surface area (Å²) in [6.45, 7) is 9.10. The van der Waals surface area contributed by atoms with Crippen molar-refractivity contribution >= 4 is 46.0 Å². The SMILES string of the molecule is Cc1nc2c(N3C[C@@H](C)N([C@@H](c4ccc(Cl)c(Cl)c4)C4CC(F)(F)C4)C[C@@H]3C)nc3nncn3c2n1C[C@@H]1CCCO1. The Morgan fingerprint density at radius 2 is 1.90 bits per heavy atom. The Kier molecular flexibility index (Phi) is 7.07. The molecule has 2 aliphatic heterocycles. The number of hydrogen-bond donors (Lipinski definition) is 0. The van der Waals surface area contributed by atoms with Gasteiger partial charge in [-0.05, 0) is 57.2 Å². The fourth-order valence-corrected chi connectivity index (χ4v) is 7.46. The molecule has 3 fully saturated rings. The van der Waals surface area contributed by atoms with Crippen LogP contribution < -0.4 is 4.90 Å². The van der Waals surface area contributed by atoms with Crippen molar-refractivity contribution in [2.24, 2.45) is 5.92 Å². The molecule has 0 amide bonds. The number of benzene rings is 1. The Morgan fingerprint density at radius 1 is 1.10 bits per heavy atom. The van der Waals surface area contributed by atoms with Crippen LogP contribution in [0.5, 0.6) is 0 Å². The van der Waals surface area contributed by atoms with Crippen molar-refractivity contribution < 1.29 is 13.5 Å². The number of piperazine rings is 1. The van der Waals surface area contributed by atoms with Crippen molar-refractivity contribution in [1.29, 1.82) is 0 Å². The largest absolute Gasteiger partial charge is 0.376 e. The standard InChI is InChI=1S/C29H34Cl2F2N8O/c1-16-13-39(17(2)12-38(16)25(20-10-29(32,33)11-20)19-6-7-22(30)23(31)9-19)26-24-27(41-15-34-37-28(41)36-26)40(18(3)35-24)14-21-5-4-8-42-21/h6-7,9,15-17,20-21,25H,4-5,8,10-14H2,1-3H3/t16-,17+,21+,25+/m1/s1. The second-order valence-corrected chi connectivity index (χ2v) is 13.0. The first-order valence-corrected chi connectivity index (χ1v) is 15.4. The molecule has 0 radical (unpaired) electrons. The highest BCUT2D eigenvalue weighted by Crippen LogP contribution is 2.51. The number of aryl methyl sites for hydroxylation is 1. The first-order chi connectivity index (χ1) is 20.1. The van der Waals surface area contributed by atoms with E-state index in [0.29, 0.717) is 35.5 Å². The molecule has 0 unspecified atom stereocenters. The quantitative estimate of drug-likeness (QED) is 0.264. The Morgan fingerprint density at radius 3 is 2.62 bits per heavy atom. The molecule has 5 heterocycles. The number of aromatic nitrogens is 6. The maximum atomic E-state index is 14.1. The molecule has 9 nitrogen and oxygen atoms in total. The molecule has 42 heavy (non-hydrogen) atoms. The van der Waals surface area contributed by atoms with Crippen LogP contribution in [-0.4, -0.2) is 77.8 Å². The molecule has 4 aromatic rings. The molecule has 7 rings (SSSR count). The average molecular weight is 620 g/mol. The van der Waals surface area contributed by atoms with E-state index in [-0.39, 0.29) is 43.0 Å². The van der Waals surface area contributed by atoms with E-state index in [1.807, 2.05) is 23.5 Å². The van der Waals surface area contributed by atoms with Crippen LogP contribution in [0, 0.1) is 12.8 Å². The molecule has 1 aromatic carbocycles. The van der Waals surface area contributed by atoms with Crippen molar-refractivity contribution in [1.82, 2.24) is 34.0 Å². The number of anilines is 1. The van der Waals surface area contributed by atoms with Gasteiger partial charge in [0.2, 0.25) is 5.92 Å². The summed E-state index contributed by atoms with van der Waals surface area (Å²) in [6.07, 6.45) is 3.64. The molecule has 224 valence electrons. The van der Waals surface area contributed by atoms with Gasteiger partial charge in [-0.3, -0.25) is 4.90 Å². The number of fused-ring (bicyclic) bond motifs is 3. The number of alkyl halides is 2. The molecule has 1 aliphatic carbocycles. The van der Waals surface area contributed by atoms with Crippen molar-refractivity contribution in [3.8, 4) is 0 Å². The van der Waals surface area contributed by atoms with Gasteiger partial charge in [0.15, 0.2) is 11.5 Å². The normalized spacial score (nSPS) is 25.9. The van der Waals surface area contributed by atoms with Crippen LogP contribution in [0.1, 0.15) is 57.0 Å². The topological polar surface area (TPSA) is 76.6 Å². The third kappa shape index (κ3) is 4.82. The second kappa shape index (κ2) is 10.5. The molecule has 2 saturated heterocycles. The van der Waals surface area contributed by atoms with Crippen molar-refractivity contribution in [2.75, 3.05) is 24.6 Å². The van der Waals surface area contributed by atoms with E-state index in [9.17, 15) is 8.78 Å². The van der Waals surface area contributed by atoms with Crippen molar-refractivity contribution in [3.63, 3.8) is 0 Å². The molecule has 0 spiro atoms. The summed E-state index contributed by atoms with van der Waals surface area (Å²) in [5.74, 6) is -0.640. The summed E-state index contributed by atoms with van der Waals surface area (Å²) in [5, 5.41) is 9.35. The van der Waals surface area contributed by atoms with E-state index in [2.05, 4.69) is 38.4 Å². The molecule has 3 aliphatic rings. The lowest BCUT2D eigenvalue weighted by molar-refractivity contribution is -0.137. The van der Waals surface area contributed by atoms with Gasteiger partial charge < -0.3 is 14.2 Å². The fourth-order valence-electron chi connectivity index (χ4n) is 7.16. The summed E-state index contributed by atoms with van der Waals surface area (Å²) < 4.78 is 38.3. The van der Waals surface area contributed by atoms with Gasteiger partial charge in [0.1, 0.15) is 17.7 Å². The Hall–Kier alpha value is -2.60. The summed E-state index contributed by atoms with van der Waals surface area (Å²) in [7, 11) is 0. The lowest BCUT2D eigenvalue weighted by Crippen LogP contribution is -2.59. The van der Waals surface area contributed by atoms with Crippen LogP contribution in [0.15, 0.2) is 24.5 Å². The lowest BCUT2D eigenvalue weighted by Gasteiger charge is -2.52. The second-order valence-electron chi connectivity index (χ2n) is 12.2. The van der Waals surface area contributed by atoms with E-state index in [1.54, 1.807) is 12.4 Å². The molecule has 0 N–H and O–H groups in total. The van der Waals surface area contributed by atoms with Gasteiger partial charge in [-0.25, -0.2) is 18.2 Å². The highest BCUT2D eigenvalue weighted by molar-refractivity contribution is 6.42. The van der Waals surface area contributed by atoms with Gasteiger partial charge >= 0.3 is 0 Å². The lowest BCUT2D eigenvalue weighted by atomic mass is 9.73. The predicted molar refractivity (Wildman–Crippen MR) is 158 cm³/mol.